The van der Waals surface area contributed by atoms with Gasteiger partial charge in [-0.25, -0.2) is 4.79 Å². The van der Waals surface area contributed by atoms with E-state index in [4.69, 9.17) is 0 Å². The van der Waals surface area contributed by atoms with E-state index in [9.17, 15) is 19.5 Å². The van der Waals surface area contributed by atoms with Crippen LogP contribution in [0.4, 0.5) is 0 Å². The average Bonchev–Trinajstić information content (AvgIpc) is 2.87. The van der Waals surface area contributed by atoms with Crippen molar-refractivity contribution in [2.45, 2.75) is 25.7 Å². The zero-order valence-electron chi connectivity index (χ0n) is 10.3. The fraction of sp³-hybridized carbons (Fsp3) is 0.462. The zero-order valence-corrected chi connectivity index (χ0v) is 10.3. The lowest BCUT2D eigenvalue weighted by Gasteiger charge is -2.23. The molecular weight excluding hydrogens is 250 g/mol. The van der Waals surface area contributed by atoms with Crippen LogP contribution in [0.15, 0.2) is 27.6 Å². The summed E-state index contributed by atoms with van der Waals surface area (Å²) in [6, 6.07) is 2.50. The van der Waals surface area contributed by atoms with Crippen LogP contribution in [0.2, 0.25) is 0 Å². The van der Waals surface area contributed by atoms with E-state index in [2.05, 4.69) is 9.73 Å². The molecule has 0 aliphatic heterocycles. The van der Waals surface area contributed by atoms with Gasteiger partial charge in [-0.2, -0.15) is 0 Å². The highest BCUT2D eigenvalue weighted by atomic mass is 16.4. The summed E-state index contributed by atoms with van der Waals surface area (Å²) in [5, 5.41) is 11.9. The SMILES string of the molecule is O=C(NCC1(C(=O)O)CCCC1)c1ccc(=O)oc1. The number of amides is 1. The minimum absolute atomic E-state index is 0.0975. The number of nitrogens with one attached hydrogen (secondary N) is 1. The van der Waals surface area contributed by atoms with Gasteiger partial charge in [-0.15, -0.1) is 0 Å². The number of carbonyl (C=O) groups excluding carboxylic acids is 1. The van der Waals surface area contributed by atoms with Gasteiger partial charge in [0.2, 0.25) is 0 Å². The number of hydrogen-bond donors (Lipinski definition) is 2. The molecular formula is C13H15NO5. The summed E-state index contributed by atoms with van der Waals surface area (Å²) in [6.07, 6.45) is 3.95. The van der Waals surface area contributed by atoms with Crippen LogP contribution < -0.4 is 10.9 Å². The maximum atomic E-state index is 11.8. The number of carboxylic acid groups (broad SMARTS) is 1. The first-order valence-corrected chi connectivity index (χ1v) is 6.14. The lowest BCUT2D eigenvalue weighted by Crippen LogP contribution is -2.41. The third-order valence-electron chi connectivity index (χ3n) is 3.56. The minimum Gasteiger partial charge on any atom is -0.481 e. The van der Waals surface area contributed by atoms with Crippen molar-refractivity contribution in [1.82, 2.24) is 5.32 Å². The summed E-state index contributed by atoms with van der Waals surface area (Å²) in [5.74, 6) is -1.30. The molecule has 2 rings (SSSR count). The maximum Gasteiger partial charge on any atom is 0.335 e. The maximum absolute atomic E-state index is 11.8. The second-order valence-electron chi connectivity index (χ2n) is 4.82. The van der Waals surface area contributed by atoms with Crippen LogP contribution in [0.5, 0.6) is 0 Å². The highest BCUT2D eigenvalue weighted by Crippen LogP contribution is 2.37. The first-order valence-electron chi connectivity index (χ1n) is 6.14. The summed E-state index contributed by atoms with van der Waals surface area (Å²) in [6.45, 7) is 0.0975. The predicted molar refractivity (Wildman–Crippen MR) is 65.8 cm³/mol. The largest absolute Gasteiger partial charge is 0.481 e. The molecule has 19 heavy (non-hydrogen) atoms. The lowest BCUT2D eigenvalue weighted by atomic mass is 9.86. The Morgan fingerprint density at radius 3 is 2.53 bits per heavy atom. The summed E-state index contributed by atoms with van der Waals surface area (Å²) < 4.78 is 4.59. The minimum atomic E-state index is -0.870. The van der Waals surface area contributed by atoms with E-state index in [0.29, 0.717) is 12.8 Å². The number of rotatable bonds is 4. The van der Waals surface area contributed by atoms with E-state index < -0.39 is 22.9 Å². The molecule has 0 saturated heterocycles. The van der Waals surface area contributed by atoms with E-state index in [1.165, 1.54) is 6.07 Å². The highest BCUT2D eigenvalue weighted by molar-refractivity contribution is 5.94. The molecule has 1 fully saturated rings. The Bertz CT molecular complexity index is 522. The molecule has 1 saturated carbocycles. The van der Waals surface area contributed by atoms with Gasteiger partial charge in [0.25, 0.3) is 5.91 Å². The quantitative estimate of drug-likeness (QED) is 0.847. The van der Waals surface area contributed by atoms with Crippen LogP contribution in [0.25, 0.3) is 0 Å². The van der Waals surface area contributed by atoms with E-state index in [1.54, 1.807) is 0 Å². The van der Waals surface area contributed by atoms with Crippen LogP contribution in [0.1, 0.15) is 36.0 Å². The first-order chi connectivity index (χ1) is 9.03. The summed E-state index contributed by atoms with van der Waals surface area (Å²) in [5.41, 5.74) is -1.18. The lowest BCUT2D eigenvalue weighted by molar-refractivity contribution is -0.148. The van der Waals surface area contributed by atoms with Gasteiger partial charge < -0.3 is 14.8 Å². The van der Waals surface area contributed by atoms with Gasteiger partial charge in [0.15, 0.2) is 0 Å². The van der Waals surface area contributed by atoms with Crippen molar-refractivity contribution in [2.75, 3.05) is 6.54 Å². The number of carbonyl (C=O) groups is 2. The molecule has 1 aromatic heterocycles. The predicted octanol–water partition coefficient (Wildman–Crippen LogP) is 1.01. The first kappa shape index (κ1) is 13.3. The molecule has 1 amide bonds. The van der Waals surface area contributed by atoms with Crippen molar-refractivity contribution in [3.8, 4) is 0 Å². The van der Waals surface area contributed by atoms with Gasteiger partial charge in [0.05, 0.1) is 11.0 Å². The molecule has 0 radical (unpaired) electrons. The molecule has 6 nitrogen and oxygen atoms in total. The smallest absolute Gasteiger partial charge is 0.335 e. The monoisotopic (exact) mass is 265 g/mol. The third-order valence-corrected chi connectivity index (χ3v) is 3.56. The average molecular weight is 265 g/mol. The third kappa shape index (κ3) is 2.83. The molecule has 1 heterocycles. The topological polar surface area (TPSA) is 96.6 Å². The zero-order chi connectivity index (χ0) is 13.9. The summed E-state index contributed by atoms with van der Waals surface area (Å²) in [4.78, 5) is 33.9. The van der Waals surface area contributed by atoms with Crippen molar-refractivity contribution in [3.05, 3.63) is 34.4 Å². The summed E-state index contributed by atoms with van der Waals surface area (Å²) >= 11 is 0. The van der Waals surface area contributed by atoms with Crippen molar-refractivity contribution in [2.24, 2.45) is 5.41 Å². The fourth-order valence-corrected chi connectivity index (χ4v) is 2.36. The van der Waals surface area contributed by atoms with E-state index >= 15 is 0 Å². The van der Waals surface area contributed by atoms with E-state index in [1.807, 2.05) is 0 Å². The van der Waals surface area contributed by atoms with Gasteiger partial charge in [-0.05, 0) is 18.9 Å². The van der Waals surface area contributed by atoms with Crippen molar-refractivity contribution >= 4 is 11.9 Å². The van der Waals surface area contributed by atoms with Crippen LogP contribution >= 0.6 is 0 Å². The highest BCUT2D eigenvalue weighted by Gasteiger charge is 2.41. The van der Waals surface area contributed by atoms with Crippen molar-refractivity contribution in [3.63, 3.8) is 0 Å². The molecule has 2 N–H and O–H groups in total. The fourth-order valence-electron chi connectivity index (χ4n) is 2.36. The molecule has 1 aliphatic carbocycles. The van der Waals surface area contributed by atoms with Gasteiger partial charge in [-0.1, -0.05) is 12.8 Å². The van der Waals surface area contributed by atoms with Gasteiger partial charge in [0.1, 0.15) is 6.26 Å². The van der Waals surface area contributed by atoms with Crippen LogP contribution in [-0.2, 0) is 4.79 Å². The molecule has 0 bridgehead atoms. The Balaban J connectivity index is 2.01. The van der Waals surface area contributed by atoms with Crippen LogP contribution in [0, 0.1) is 5.41 Å². The number of aliphatic carboxylic acids is 1. The molecule has 0 unspecified atom stereocenters. The number of hydrogen-bond acceptors (Lipinski definition) is 4. The van der Waals surface area contributed by atoms with Gasteiger partial charge >= 0.3 is 11.6 Å². The van der Waals surface area contributed by atoms with Gasteiger partial charge in [0, 0.05) is 12.6 Å². The van der Waals surface area contributed by atoms with Gasteiger partial charge in [-0.3, -0.25) is 9.59 Å². The van der Waals surface area contributed by atoms with E-state index in [0.717, 1.165) is 25.2 Å². The second-order valence-corrected chi connectivity index (χ2v) is 4.82. The Hall–Kier alpha value is -2.11. The normalized spacial score (nSPS) is 17.1. The van der Waals surface area contributed by atoms with Crippen LogP contribution in [-0.4, -0.2) is 23.5 Å². The Kier molecular flexibility index (Phi) is 3.69. The Morgan fingerprint density at radius 2 is 2.00 bits per heavy atom. The molecule has 1 aliphatic rings. The molecule has 0 atom stereocenters. The molecule has 0 aromatic carbocycles. The standard InChI is InChI=1S/C13H15NO5/c15-10-4-3-9(7-19-10)11(16)14-8-13(12(17)18)5-1-2-6-13/h3-4,7H,1-2,5-6,8H2,(H,14,16)(H,17,18). The van der Waals surface area contributed by atoms with Crippen molar-refractivity contribution < 1.29 is 19.1 Å². The Morgan fingerprint density at radius 1 is 1.32 bits per heavy atom. The number of carboxylic acids is 1. The molecule has 1 aromatic rings. The van der Waals surface area contributed by atoms with Crippen molar-refractivity contribution in [1.29, 1.82) is 0 Å². The second kappa shape index (κ2) is 5.26. The Labute approximate surface area is 109 Å². The van der Waals surface area contributed by atoms with Crippen LogP contribution in [0.3, 0.4) is 0 Å². The summed E-state index contributed by atoms with van der Waals surface area (Å²) in [7, 11) is 0. The molecule has 102 valence electrons. The molecule has 6 heteroatoms. The van der Waals surface area contributed by atoms with E-state index in [-0.39, 0.29) is 12.1 Å². The molecule has 0 spiro atoms.